The molecule has 0 atom stereocenters. The Hall–Kier alpha value is -1.29. The average Bonchev–Trinajstić information content (AvgIpc) is 2.14. The third kappa shape index (κ3) is 2.27. The molecule has 0 aliphatic carbocycles. The fourth-order valence-corrected chi connectivity index (χ4v) is 1.89. The summed E-state index contributed by atoms with van der Waals surface area (Å²) in [6.07, 6.45) is 1.87. The van der Waals surface area contributed by atoms with Gasteiger partial charge in [0.05, 0.1) is 11.7 Å². The smallest absolute Gasteiger partial charge is 0.171 e. The molecule has 0 radical (unpaired) electrons. The van der Waals surface area contributed by atoms with E-state index in [1.54, 1.807) is 6.20 Å². The lowest BCUT2D eigenvalue weighted by atomic mass is 9.97. The number of rotatable bonds is 3. The van der Waals surface area contributed by atoms with E-state index >= 15 is 0 Å². The molecular weight excluding hydrogens is 204 g/mol. The van der Waals surface area contributed by atoms with Crippen LogP contribution in [0.1, 0.15) is 20.8 Å². The molecule has 0 unspecified atom stereocenters. The number of β-amino-alcohol motifs (C(OH)–C–C–N with tert-alkyl or cyclic N) is 1. The Morgan fingerprint density at radius 2 is 2.19 bits per heavy atom. The SMILES string of the molecule is CC(C)Oc1cccnc1N1CC(C)(O)C1. The molecule has 88 valence electrons. The Kier molecular flexibility index (Phi) is 2.76. The molecule has 4 nitrogen and oxygen atoms in total. The predicted octanol–water partition coefficient (Wildman–Crippen LogP) is 1.44. The third-order valence-corrected chi connectivity index (χ3v) is 2.48. The van der Waals surface area contributed by atoms with Gasteiger partial charge in [0.15, 0.2) is 11.6 Å². The number of aromatic nitrogens is 1. The molecule has 1 fully saturated rings. The fourth-order valence-electron chi connectivity index (χ4n) is 1.89. The topological polar surface area (TPSA) is 45.6 Å². The largest absolute Gasteiger partial charge is 0.487 e. The van der Waals surface area contributed by atoms with Gasteiger partial charge in [0, 0.05) is 19.3 Å². The molecule has 1 aliphatic heterocycles. The summed E-state index contributed by atoms with van der Waals surface area (Å²) in [6.45, 7) is 7.03. The number of pyridine rings is 1. The van der Waals surface area contributed by atoms with E-state index in [0.717, 1.165) is 11.6 Å². The monoisotopic (exact) mass is 222 g/mol. The van der Waals surface area contributed by atoms with Gasteiger partial charge >= 0.3 is 0 Å². The lowest BCUT2D eigenvalue weighted by molar-refractivity contribution is 0.0301. The zero-order valence-electron chi connectivity index (χ0n) is 9.97. The first-order valence-corrected chi connectivity index (χ1v) is 5.57. The van der Waals surface area contributed by atoms with Crippen LogP contribution in [0.2, 0.25) is 0 Å². The van der Waals surface area contributed by atoms with Gasteiger partial charge in [-0.1, -0.05) is 0 Å². The Labute approximate surface area is 95.9 Å². The van der Waals surface area contributed by atoms with Gasteiger partial charge in [-0.2, -0.15) is 0 Å². The minimum absolute atomic E-state index is 0.129. The van der Waals surface area contributed by atoms with Crippen molar-refractivity contribution in [3.8, 4) is 5.75 Å². The fraction of sp³-hybridized carbons (Fsp3) is 0.583. The molecule has 0 spiro atoms. The van der Waals surface area contributed by atoms with Gasteiger partial charge in [0.1, 0.15) is 0 Å². The summed E-state index contributed by atoms with van der Waals surface area (Å²) < 4.78 is 5.68. The highest BCUT2D eigenvalue weighted by Crippen LogP contribution is 2.32. The van der Waals surface area contributed by atoms with Crippen molar-refractivity contribution in [3.63, 3.8) is 0 Å². The van der Waals surface area contributed by atoms with Crippen LogP contribution in [0.3, 0.4) is 0 Å². The van der Waals surface area contributed by atoms with Crippen molar-refractivity contribution in [1.82, 2.24) is 4.98 Å². The van der Waals surface area contributed by atoms with Gasteiger partial charge in [0.25, 0.3) is 0 Å². The molecular formula is C12H18N2O2. The van der Waals surface area contributed by atoms with Crippen molar-refractivity contribution >= 4 is 5.82 Å². The Bertz CT molecular complexity index is 369. The maximum atomic E-state index is 9.71. The van der Waals surface area contributed by atoms with Crippen molar-refractivity contribution in [2.45, 2.75) is 32.5 Å². The van der Waals surface area contributed by atoms with Crippen LogP contribution in [0.4, 0.5) is 5.82 Å². The maximum Gasteiger partial charge on any atom is 0.171 e. The summed E-state index contributed by atoms with van der Waals surface area (Å²) in [6, 6.07) is 3.77. The van der Waals surface area contributed by atoms with Crippen LogP contribution in [0.5, 0.6) is 5.75 Å². The van der Waals surface area contributed by atoms with Gasteiger partial charge in [-0.05, 0) is 32.9 Å². The molecule has 1 aromatic rings. The van der Waals surface area contributed by atoms with E-state index in [1.807, 2.05) is 37.8 Å². The zero-order chi connectivity index (χ0) is 11.8. The number of hydrogen-bond acceptors (Lipinski definition) is 4. The van der Waals surface area contributed by atoms with Crippen LogP contribution in [0.25, 0.3) is 0 Å². The molecule has 0 amide bonds. The first-order valence-electron chi connectivity index (χ1n) is 5.57. The van der Waals surface area contributed by atoms with Crippen LogP contribution >= 0.6 is 0 Å². The second-order valence-electron chi connectivity index (χ2n) is 4.84. The normalized spacial score (nSPS) is 18.4. The summed E-state index contributed by atoms with van der Waals surface area (Å²) in [7, 11) is 0. The standard InChI is InChI=1S/C12H18N2O2/c1-9(2)16-10-5-4-6-13-11(10)14-7-12(3,15)8-14/h4-6,9,15H,7-8H2,1-3H3. The van der Waals surface area contributed by atoms with E-state index in [2.05, 4.69) is 4.98 Å². The minimum atomic E-state index is -0.591. The van der Waals surface area contributed by atoms with Crippen LogP contribution in [0, 0.1) is 0 Å². The van der Waals surface area contributed by atoms with Crippen molar-refractivity contribution in [2.75, 3.05) is 18.0 Å². The van der Waals surface area contributed by atoms with E-state index < -0.39 is 5.60 Å². The van der Waals surface area contributed by atoms with Gasteiger partial charge in [-0.3, -0.25) is 0 Å². The van der Waals surface area contributed by atoms with Gasteiger partial charge in [0.2, 0.25) is 0 Å². The molecule has 1 aliphatic rings. The molecule has 1 aromatic heterocycles. The quantitative estimate of drug-likeness (QED) is 0.840. The van der Waals surface area contributed by atoms with E-state index in [0.29, 0.717) is 13.1 Å². The van der Waals surface area contributed by atoms with Crippen molar-refractivity contribution in [3.05, 3.63) is 18.3 Å². The minimum Gasteiger partial charge on any atom is -0.487 e. The first kappa shape index (κ1) is 11.2. The molecule has 4 heteroatoms. The highest BCUT2D eigenvalue weighted by molar-refractivity contribution is 5.55. The Morgan fingerprint density at radius 3 is 2.75 bits per heavy atom. The average molecular weight is 222 g/mol. The summed E-state index contributed by atoms with van der Waals surface area (Å²) in [5.41, 5.74) is -0.591. The number of ether oxygens (including phenoxy) is 1. The summed E-state index contributed by atoms with van der Waals surface area (Å²) >= 11 is 0. The molecule has 0 bridgehead atoms. The van der Waals surface area contributed by atoms with Crippen molar-refractivity contribution in [2.24, 2.45) is 0 Å². The summed E-state index contributed by atoms with van der Waals surface area (Å²) in [4.78, 5) is 6.33. The summed E-state index contributed by atoms with van der Waals surface area (Å²) in [5, 5.41) is 9.71. The van der Waals surface area contributed by atoms with Crippen LogP contribution < -0.4 is 9.64 Å². The lowest BCUT2D eigenvalue weighted by Crippen LogP contribution is -2.60. The van der Waals surface area contributed by atoms with E-state index in [1.165, 1.54) is 0 Å². The molecule has 2 rings (SSSR count). The first-order chi connectivity index (χ1) is 7.48. The van der Waals surface area contributed by atoms with Gasteiger partial charge in [-0.15, -0.1) is 0 Å². The van der Waals surface area contributed by atoms with Gasteiger partial charge in [-0.25, -0.2) is 4.98 Å². The number of aliphatic hydroxyl groups is 1. The molecule has 16 heavy (non-hydrogen) atoms. The predicted molar refractivity (Wildman–Crippen MR) is 62.8 cm³/mol. The Morgan fingerprint density at radius 1 is 1.50 bits per heavy atom. The Balaban J connectivity index is 2.15. The molecule has 1 saturated heterocycles. The number of nitrogens with zero attached hydrogens (tertiary/aromatic N) is 2. The zero-order valence-corrected chi connectivity index (χ0v) is 9.97. The summed E-state index contributed by atoms with van der Waals surface area (Å²) in [5.74, 6) is 1.61. The second-order valence-corrected chi connectivity index (χ2v) is 4.84. The van der Waals surface area contributed by atoms with Crippen LogP contribution in [0.15, 0.2) is 18.3 Å². The third-order valence-electron chi connectivity index (χ3n) is 2.48. The highest BCUT2D eigenvalue weighted by Gasteiger charge is 2.38. The number of anilines is 1. The number of hydrogen-bond donors (Lipinski definition) is 1. The van der Waals surface area contributed by atoms with Gasteiger partial charge < -0.3 is 14.7 Å². The maximum absolute atomic E-state index is 9.71. The van der Waals surface area contributed by atoms with Crippen LogP contribution in [-0.2, 0) is 0 Å². The van der Waals surface area contributed by atoms with Crippen molar-refractivity contribution < 1.29 is 9.84 Å². The van der Waals surface area contributed by atoms with Crippen LogP contribution in [-0.4, -0.2) is 34.9 Å². The van der Waals surface area contributed by atoms with E-state index in [-0.39, 0.29) is 6.10 Å². The second kappa shape index (κ2) is 3.94. The molecule has 0 aromatic carbocycles. The molecule has 0 saturated carbocycles. The molecule has 1 N–H and O–H groups in total. The highest BCUT2D eigenvalue weighted by atomic mass is 16.5. The van der Waals surface area contributed by atoms with E-state index in [4.69, 9.17) is 4.74 Å². The molecule has 2 heterocycles. The van der Waals surface area contributed by atoms with Crippen molar-refractivity contribution in [1.29, 1.82) is 0 Å². The lowest BCUT2D eigenvalue weighted by Gasteiger charge is -2.45. The van der Waals surface area contributed by atoms with E-state index in [9.17, 15) is 5.11 Å².